The van der Waals surface area contributed by atoms with Crippen LogP contribution in [0.4, 0.5) is 16.2 Å². The van der Waals surface area contributed by atoms with Crippen molar-refractivity contribution in [1.82, 2.24) is 4.90 Å². The molecule has 0 saturated carbocycles. The standard InChI is InChI=1S/C16H19N3O2/c17-14-5-1-12(2-6-14)9-10-19(16(20)21)11-13-3-7-15(18)8-4-13/h1-8H,9-11,17-18H2,(H,20,21). The van der Waals surface area contributed by atoms with Gasteiger partial charge in [0.1, 0.15) is 0 Å². The fourth-order valence-electron chi connectivity index (χ4n) is 2.03. The van der Waals surface area contributed by atoms with Crippen molar-refractivity contribution in [2.24, 2.45) is 0 Å². The summed E-state index contributed by atoms with van der Waals surface area (Å²) in [5.41, 5.74) is 14.6. The summed E-state index contributed by atoms with van der Waals surface area (Å²) in [7, 11) is 0. The van der Waals surface area contributed by atoms with Gasteiger partial charge in [-0.05, 0) is 41.8 Å². The molecule has 0 atom stereocenters. The van der Waals surface area contributed by atoms with E-state index in [1.54, 1.807) is 12.1 Å². The molecule has 0 unspecified atom stereocenters. The SMILES string of the molecule is Nc1ccc(CCN(Cc2ccc(N)cc2)C(=O)O)cc1. The Morgan fingerprint density at radius 3 is 1.86 bits per heavy atom. The molecule has 0 aliphatic heterocycles. The van der Waals surface area contributed by atoms with Gasteiger partial charge >= 0.3 is 6.09 Å². The van der Waals surface area contributed by atoms with Gasteiger partial charge in [0.25, 0.3) is 0 Å². The van der Waals surface area contributed by atoms with Crippen LogP contribution in [0.25, 0.3) is 0 Å². The highest BCUT2D eigenvalue weighted by Gasteiger charge is 2.12. The lowest BCUT2D eigenvalue weighted by atomic mass is 10.1. The molecule has 0 aliphatic carbocycles. The van der Waals surface area contributed by atoms with E-state index in [2.05, 4.69) is 0 Å². The number of nitrogens with zero attached hydrogens (tertiary/aromatic N) is 1. The molecule has 5 N–H and O–H groups in total. The van der Waals surface area contributed by atoms with Crippen LogP contribution in [0.2, 0.25) is 0 Å². The fraction of sp³-hybridized carbons (Fsp3) is 0.188. The number of nitrogen functional groups attached to an aromatic ring is 2. The van der Waals surface area contributed by atoms with Gasteiger partial charge < -0.3 is 21.5 Å². The zero-order valence-corrected chi connectivity index (χ0v) is 11.7. The van der Waals surface area contributed by atoms with Gasteiger partial charge in [-0.3, -0.25) is 0 Å². The molecule has 0 radical (unpaired) electrons. The van der Waals surface area contributed by atoms with E-state index in [1.165, 1.54) is 4.90 Å². The summed E-state index contributed by atoms with van der Waals surface area (Å²) in [6.07, 6.45) is -0.274. The number of hydrogen-bond donors (Lipinski definition) is 3. The maximum absolute atomic E-state index is 11.3. The third-order valence-corrected chi connectivity index (χ3v) is 3.27. The van der Waals surface area contributed by atoms with Gasteiger partial charge in [0, 0.05) is 24.5 Å². The minimum Gasteiger partial charge on any atom is -0.465 e. The Labute approximate surface area is 123 Å². The lowest BCUT2D eigenvalue weighted by Gasteiger charge is -2.19. The van der Waals surface area contributed by atoms with E-state index in [4.69, 9.17) is 11.5 Å². The van der Waals surface area contributed by atoms with Crippen LogP contribution in [0.5, 0.6) is 0 Å². The number of hydrogen-bond acceptors (Lipinski definition) is 3. The van der Waals surface area contributed by atoms with Crippen molar-refractivity contribution in [2.45, 2.75) is 13.0 Å². The van der Waals surface area contributed by atoms with E-state index in [9.17, 15) is 9.90 Å². The molecule has 21 heavy (non-hydrogen) atoms. The van der Waals surface area contributed by atoms with Crippen molar-refractivity contribution in [3.63, 3.8) is 0 Å². The van der Waals surface area contributed by atoms with E-state index in [0.29, 0.717) is 30.9 Å². The Morgan fingerprint density at radius 2 is 1.38 bits per heavy atom. The first-order valence-electron chi connectivity index (χ1n) is 6.71. The first kappa shape index (κ1) is 14.7. The van der Waals surface area contributed by atoms with Crippen molar-refractivity contribution >= 4 is 17.5 Å². The van der Waals surface area contributed by atoms with Crippen LogP contribution in [-0.2, 0) is 13.0 Å². The minimum absolute atomic E-state index is 0.352. The zero-order chi connectivity index (χ0) is 15.2. The summed E-state index contributed by atoms with van der Waals surface area (Å²) in [5, 5.41) is 9.29. The highest BCUT2D eigenvalue weighted by atomic mass is 16.4. The number of benzene rings is 2. The summed E-state index contributed by atoms with van der Waals surface area (Å²) in [6.45, 7) is 0.786. The van der Waals surface area contributed by atoms with Crippen LogP contribution in [-0.4, -0.2) is 22.6 Å². The molecule has 0 aliphatic rings. The highest BCUT2D eigenvalue weighted by molar-refractivity contribution is 5.65. The molecule has 1 amide bonds. The molecule has 0 bridgehead atoms. The van der Waals surface area contributed by atoms with Gasteiger partial charge in [0.05, 0.1) is 0 Å². The molecule has 0 fully saturated rings. The molecule has 5 nitrogen and oxygen atoms in total. The number of amides is 1. The Bertz CT molecular complexity index is 594. The maximum atomic E-state index is 11.3. The van der Waals surface area contributed by atoms with Crippen LogP contribution in [0.3, 0.4) is 0 Å². The molecule has 5 heteroatoms. The van der Waals surface area contributed by atoms with Crippen molar-refractivity contribution in [3.8, 4) is 0 Å². The minimum atomic E-state index is -0.928. The third kappa shape index (κ3) is 4.42. The van der Waals surface area contributed by atoms with Gasteiger partial charge in [-0.25, -0.2) is 4.79 Å². The monoisotopic (exact) mass is 285 g/mol. The number of carbonyl (C=O) groups is 1. The van der Waals surface area contributed by atoms with Crippen molar-refractivity contribution < 1.29 is 9.90 Å². The van der Waals surface area contributed by atoms with Gasteiger partial charge in [0.2, 0.25) is 0 Å². The zero-order valence-electron chi connectivity index (χ0n) is 11.7. The van der Waals surface area contributed by atoms with E-state index < -0.39 is 6.09 Å². The second-order valence-electron chi connectivity index (χ2n) is 4.94. The lowest BCUT2D eigenvalue weighted by molar-refractivity contribution is 0.143. The normalized spacial score (nSPS) is 10.3. The number of rotatable bonds is 5. The highest BCUT2D eigenvalue weighted by Crippen LogP contribution is 2.11. The second-order valence-corrected chi connectivity index (χ2v) is 4.94. The van der Waals surface area contributed by atoms with Gasteiger partial charge in [0.15, 0.2) is 0 Å². The molecular weight excluding hydrogens is 266 g/mol. The van der Waals surface area contributed by atoms with Gasteiger partial charge in [-0.1, -0.05) is 24.3 Å². The van der Waals surface area contributed by atoms with Crippen LogP contribution in [0.15, 0.2) is 48.5 Å². The Balaban J connectivity index is 1.97. The first-order chi connectivity index (χ1) is 10.0. The smallest absolute Gasteiger partial charge is 0.407 e. The van der Waals surface area contributed by atoms with E-state index in [1.807, 2.05) is 36.4 Å². The Morgan fingerprint density at radius 1 is 0.905 bits per heavy atom. The lowest BCUT2D eigenvalue weighted by Crippen LogP contribution is -2.31. The Kier molecular flexibility index (Phi) is 4.66. The predicted molar refractivity (Wildman–Crippen MR) is 83.8 cm³/mol. The fourth-order valence-corrected chi connectivity index (χ4v) is 2.03. The quantitative estimate of drug-likeness (QED) is 0.736. The molecule has 0 saturated heterocycles. The molecule has 0 spiro atoms. The van der Waals surface area contributed by atoms with Crippen molar-refractivity contribution in [2.75, 3.05) is 18.0 Å². The summed E-state index contributed by atoms with van der Waals surface area (Å²) in [5.74, 6) is 0. The number of anilines is 2. The van der Waals surface area contributed by atoms with E-state index in [-0.39, 0.29) is 0 Å². The van der Waals surface area contributed by atoms with Crippen LogP contribution >= 0.6 is 0 Å². The van der Waals surface area contributed by atoms with E-state index >= 15 is 0 Å². The van der Waals surface area contributed by atoms with Crippen molar-refractivity contribution in [3.05, 3.63) is 59.7 Å². The molecule has 0 heterocycles. The maximum Gasteiger partial charge on any atom is 0.407 e. The van der Waals surface area contributed by atoms with Crippen LogP contribution in [0, 0.1) is 0 Å². The summed E-state index contributed by atoms with van der Waals surface area (Å²) in [6, 6.07) is 14.7. The number of nitrogens with two attached hydrogens (primary N) is 2. The predicted octanol–water partition coefficient (Wildman–Crippen LogP) is 2.57. The molecule has 2 aromatic rings. The molecule has 0 aromatic heterocycles. The van der Waals surface area contributed by atoms with Crippen molar-refractivity contribution in [1.29, 1.82) is 0 Å². The molecule has 2 aromatic carbocycles. The van der Waals surface area contributed by atoms with Crippen LogP contribution < -0.4 is 11.5 Å². The summed E-state index contributed by atoms with van der Waals surface area (Å²) < 4.78 is 0. The average molecular weight is 285 g/mol. The summed E-state index contributed by atoms with van der Waals surface area (Å²) >= 11 is 0. The largest absolute Gasteiger partial charge is 0.465 e. The van der Waals surface area contributed by atoms with Gasteiger partial charge in [-0.15, -0.1) is 0 Å². The summed E-state index contributed by atoms with van der Waals surface area (Å²) in [4.78, 5) is 12.7. The Hall–Kier alpha value is -2.69. The second kappa shape index (κ2) is 6.65. The average Bonchev–Trinajstić information content (AvgIpc) is 2.47. The third-order valence-electron chi connectivity index (χ3n) is 3.27. The molecule has 110 valence electrons. The number of carboxylic acid groups (broad SMARTS) is 1. The topological polar surface area (TPSA) is 92.6 Å². The van der Waals surface area contributed by atoms with Gasteiger partial charge in [-0.2, -0.15) is 0 Å². The van der Waals surface area contributed by atoms with Crippen LogP contribution in [0.1, 0.15) is 11.1 Å². The molecule has 2 rings (SSSR count). The first-order valence-corrected chi connectivity index (χ1v) is 6.71. The van der Waals surface area contributed by atoms with E-state index in [0.717, 1.165) is 11.1 Å². The molecular formula is C16H19N3O2.